The Bertz CT molecular complexity index is 1380. The number of hydrogen-bond donors (Lipinski definition) is 3. The fraction of sp³-hybridized carbons (Fsp3) is 0.783. The van der Waals surface area contributed by atoms with E-state index in [4.69, 9.17) is 52.2 Å². The van der Waals surface area contributed by atoms with E-state index < -0.39 is 32.2 Å². The van der Waals surface area contributed by atoms with Gasteiger partial charge in [-0.1, -0.05) is 72.9 Å². The van der Waals surface area contributed by atoms with Crippen molar-refractivity contribution < 1.29 is 71.3 Å². The molecule has 2 amide bonds. The minimum absolute atomic E-state index is 0.0293. The molecule has 0 unspecified atom stereocenters. The van der Waals surface area contributed by atoms with E-state index in [0.717, 1.165) is 24.8 Å². The zero-order chi connectivity index (χ0) is 47.5. The van der Waals surface area contributed by atoms with Crippen LogP contribution in [0.15, 0.2) is 24.3 Å². The van der Waals surface area contributed by atoms with E-state index in [2.05, 4.69) is 51.4 Å². The summed E-state index contributed by atoms with van der Waals surface area (Å²) < 4.78 is 54.8. The second kappa shape index (κ2) is 36.3. The molecule has 0 bridgehead atoms. The Kier molecular flexibility index (Phi) is 33.5. The number of aliphatic carboxylic acids is 1. The number of anilines is 1. The molecule has 0 aliphatic carbocycles. The monoisotopic (exact) mass is 931 g/mol. The van der Waals surface area contributed by atoms with Crippen LogP contribution in [0.1, 0.15) is 79.2 Å². The summed E-state index contributed by atoms with van der Waals surface area (Å²) >= 11 is 0. The van der Waals surface area contributed by atoms with Crippen LogP contribution in [0.25, 0.3) is 0 Å². The maximum Gasteiger partial charge on any atom is 0.329 e. The van der Waals surface area contributed by atoms with Crippen LogP contribution >= 0.6 is 0 Å². The molecular formula is C46H82N2O15Si. The van der Waals surface area contributed by atoms with Gasteiger partial charge in [0.15, 0.2) is 14.1 Å². The summed E-state index contributed by atoms with van der Waals surface area (Å²) in [7, 11) is -1.89. The number of ketones is 1. The molecule has 64 heavy (non-hydrogen) atoms. The first kappa shape index (κ1) is 59.1. The Morgan fingerprint density at radius 1 is 0.641 bits per heavy atom. The molecule has 1 rings (SSSR count). The molecule has 0 fully saturated rings. The third-order valence-corrected chi connectivity index (χ3v) is 14.8. The Hall–Kier alpha value is -2.88. The number of amides is 2. The van der Waals surface area contributed by atoms with Crippen LogP contribution in [0.2, 0.25) is 18.1 Å². The van der Waals surface area contributed by atoms with Gasteiger partial charge in [-0.3, -0.25) is 14.4 Å². The van der Waals surface area contributed by atoms with Crippen molar-refractivity contribution in [2.24, 2.45) is 11.8 Å². The molecule has 1 aromatic carbocycles. The fourth-order valence-electron chi connectivity index (χ4n) is 5.56. The SMILES string of the molecule is CCCCC[C@H](CC(=O)[C@@H](NC(=O)COCCOCCOCCOCCOCCOCCOCCOCCOCC(=O)O)C(C)C)C(=O)Nc1ccc(CO[Si](C)(C)C(C)(C)C)cc1. The molecule has 3 N–H and O–H groups in total. The lowest BCUT2D eigenvalue weighted by molar-refractivity contribution is -0.142. The molecule has 0 spiro atoms. The molecule has 0 radical (unpaired) electrons. The molecule has 2 atom stereocenters. The van der Waals surface area contributed by atoms with Gasteiger partial charge in [-0.2, -0.15) is 0 Å². The first-order valence-electron chi connectivity index (χ1n) is 22.8. The summed E-state index contributed by atoms with van der Waals surface area (Å²) in [4.78, 5) is 50.2. The van der Waals surface area contributed by atoms with Gasteiger partial charge in [-0.05, 0) is 48.2 Å². The lowest BCUT2D eigenvalue weighted by Crippen LogP contribution is -2.46. The lowest BCUT2D eigenvalue weighted by Gasteiger charge is -2.36. The average Bonchev–Trinajstić information content (AvgIpc) is 3.24. The third-order valence-electron chi connectivity index (χ3n) is 10.4. The van der Waals surface area contributed by atoms with E-state index in [1.807, 2.05) is 38.1 Å². The number of benzene rings is 1. The van der Waals surface area contributed by atoms with Crippen molar-refractivity contribution in [2.75, 3.05) is 124 Å². The lowest BCUT2D eigenvalue weighted by atomic mass is 9.89. The highest BCUT2D eigenvalue weighted by Gasteiger charge is 2.37. The summed E-state index contributed by atoms with van der Waals surface area (Å²) in [5.41, 5.74) is 1.70. The predicted molar refractivity (Wildman–Crippen MR) is 246 cm³/mol. The number of ether oxygens (including phenoxy) is 9. The molecule has 18 heteroatoms. The molecule has 370 valence electrons. The van der Waals surface area contributed by atoms with Gasteiger partial charge in [0.1, 0.15) is 13.2 Å². The van der Waals surface area contributed by atoms with E-state index in [-0.39, 0.29) is 62.1 Å². The standard InChI is InChI=1S/C46H82N2O15Si/c1-9-10-11-12-39(45(53)47-40-15-13-38(14-16-40)34-63-64(7,8)46(4,5)6)33-41(49)44(37(2)3)48-42(50)35-61-31-29-59-27-25-57-23-21-55-19-17-54-18-20-56-22-24-58-26-28-60-30-32-62-36-43(51)52/h13-16,37,39,44H,9-12,17-36H2,1-8H3,(H,47,53)(H,48,50)(H,51,52)/t39-,44+/m1/s1. The Morgan fingerprint density at radius 2 is 1.06 bits per heavy atom. The molecular weight excluding hydrogens is 849 g/mol. The third kappa shape index (κ3) is 30.3. The highest BCUT2D eigenvalue weighted by atomic mass is 28.4. The summed E-state index contributed by atoms with van der Waals surface area (Å²) in [5, 5.41) is 14.4. The average molecular weight is 931 g/mol. The quantitative estimate of drug-likeness (QED) is 0.0533. The molecule has 0 heterocycles. The number of nitrogens with one attached hydrogen (secondary N) is 2. The van der Waals surface area contributed by atoms with Crippen LogP contribution in [0.4, 0.5) is 5.69 Å². The van der Waals surface area contributed by atoms with Crippen molar-refractivity contribution in [1.29, 1.82) is 0 Å². The normalized spacial score (nSPS) is 13.0. The smallest absolute Gasteiger partial charge is 0.329 e. The number of hydrogen-bond acceptors (Lipinski definition) is 14. The van der Waals surface area contributed by atoms with Crippen molar-refractivity contribution in [3.8, 4) is 0 Å². The minimum atomic E-state index is -1.89. The predicted octanol–water partition coefficient (Wildman–Crippen LogP) is 5.68. The van der Waals surface area contributed by atoms with E-state index >= 15 is 0 Å². The van der Waals surface area contributed by atoms with Crippen molar-refractivity contribution in [1.82, 2.24) is 5.32 Å². The van der Waals surface area contributed by atoms with E-state index in [0.29, 0.717) is 105 Å². The molecule has 0 saturated carbocycles. The topological polar surface area (TPSA) is 205 Å². The number of carboxylic acids is 1. The number of Topliss-reactive ketones (excluding diaryl/α,β-unsaturated/α-hetero) is 1. The van der Waals surface area contributed by atoms with Gasteiger partial charge in [0.05, 0.1) is 118 Å². The van der Waals surface area contributed by atoms with E-state index in [1.54, 1.807) is 0 Å². The summed E-state index contributed by atoms with van der Waals surface area (Å²) in [5.74, 6) is -2.49. The van der Waals surface area contributed by atoms with E-state index in [1.165, 1.54) is 0 Å². The van der Waals surface area contributed by atoms with Gasteiger partial charge in [-0.25, -0.2) is 4.79 Å². The van der Waals surface area contributed by atoms with Gasteiger partial charge >= 0.3 is 5.97 Å². The van der Waals surface area contributed by atoms with E-state index in [9.17, 15) is 19.2 Å². The number of rotatable bonds is 42. The van der Waals surface area contributed by atoms with Gasteiger partial charge in [0, 0.05) is 18.0 Å². The largest absolute Gasteiger partial charge is 0.480 e. The van der Waals surface area contributed by atoms with Gasteiger partial charge in [0.25, 0.3) is 0 Å². The molecule has 0 saturated heterocycles. The van der Waals surface area contributed by atoms with Crippen molar-refractivity contribution in [3.63, 3.8) is 0 Å². The van der Waals surface area contributed by atoms with Crippen LogP contribution in [-0.2, 0) is 72.8 Å². The maximum atomic E-state index is 13.6. The fourth-order valence-corrected chi connectivity index (χ4v) is 6.52. The minimum Gasteiger partial charge on any atom is -0.480 e. The molecule has 0 aliphatic rings. The summed E-state index contributed by atoms with van der Waals surface area (Å²) in [6.45, 7) is 22.9. The van der Waals surface area contributed by atoms with Crippen molar-refractivity contribution in [2.45, 2.75) is 104 Å². The molecule has 0 aliphatic heterocycles. The first-order valence-corrected chi connectivity index (χ1v) is 25.8. The number of unbranched alkanes of at least 4 members (excludes halogenated alkanes) is 2. The molecule has 0 aromatic heterocycles. The maximum absolute atomic E-state index is 13.6. The van der Waals surface area contributed by atoms with Gasteiger partial charge < -0.3 is 62.8 Å². The van der Waals surface area contributed by atoms with Crippen LogP contribution in [0, 0.1) is 11.8 Å². The molecule has 1 aromatic rings. The zero-order valence-electron chi connectivity index (χ0n) is 40.2. The van der Waals surface area contributed by atoms with Crippen molar-refractivity contribution in [3.05, 3.63) is 29.8 Å². The number of carbonyl (C=O) groups excluding carboxylic acids is 3. The summed E-state index contributed by atoms with van der Waals surface area (Å²) in [6.07, 6.45) is 3.39. The van der Waals surface area contributed by atoms with Crippen molar-refractivity contribution >= 4 is 37.6 Å². The number of carbonyl (C=O) groups is 4. The summed E-state index contributed by atoms with van der Waals surface area (Å²) in [6, 6.07) is 6.93. The van der Waals surface area contributed by atoms with Crippen LogP contribution in [0.3, 0.4) is 0 Å². The highest BCUT2D eigenvalue weighted by Crippen LogP contribution is 2.37. The second-order valence-electron chi connectivity index (χ2n) is 17.2. The van der Waals surface area contributed by atoms with Gasteiger partial charge in [-0.15, -0.1) is 0 Å². The van der Waals surface area contributed by atoms with Gasteiger partial charge in [0.2, 0.25) is 11.8 Å². The zero-order valence-corrected chi connectivity index (χ0v) is 41.2. The number of carboxylic acid groups (broad SMARTS) is 1. The van der Waals surface area contributed by atoms with Crippen LogP contribution in [-0.4, -0.2) is 162 Å². The highest BCUT2D eigenvalue weighted by molar-refractivity contribution is 6.74. The van der Waals surface area contributed by atoms with Crippen LogP contribution in [0.5, 0.6) is 0 Å². The Balaban J connectivity index is 2.19. The molecule has 17 nitrogen and oxygen atoms in total. The Morgan fingerprint density at radius 3 is 1.45 bits per heavy atom. The second-order valence-corrected chi connectivity index (χ2v) is 22.0. The Labute approximate surface area is 383 Å². The first-order chi connectivity index (χ1) is 30.6. The van der Waals surface area contributed by atoms with Crippen LogP contribution < -0.4 is 10.6 Å².